The lowest BCUT2D eigenvalue weighted by molar-refractivity contribution is -0.0854. The van der Waals surface area contributed by atoms with Crippen LogP contribution in [0.3, 0.4) is 0 Å². The molecule has 2 aliphatic rings. The zero-order valence-electron chi connectivity index (χ0n) is 11.8. The molecule has 3 N–H and O–H groups in total. The molecule has 0 aliphatic carbocycles. The van der Waals surface area contributed by atoms with Crippen LogP contribution in [0.25, 0.3) is 0 Å². The quantitative estimate of drug-likeness (QED) is 0.628. The van der Waals surface area contributed by atoms with Crippen molar-refractivity contribution in [3.63, 3.8) is 0 Å². The fourth-order valence-electron chi connectivity index (χ4n) is 3.42. The van der Waals surface area contributed by atoms with Crippen molar-refractivity contribution in [3.05, 3.63) is 34.1 Å². The van der Waals surface area contributed by atoms with E-state index in [1.165, 1.54) is 5.75 Å². The molecule has 0 amide bonds. The third-order valence-electron chi connectivity index (χ3n) is 4.55. The second-order valence-electron chi connectivity index (χ2n) is 5.90. The van der Waals surface area contributed by atoms with Crippen molar-refractivity contribution >= 4 is 27.7 Å². The Hall–Kier alpha value is -0.140. The van der Waals surface area contributed by atoms with Crippen LogP contribution in [0.2, 0.25) is 0 Å². The molecule has 21 heavy (non-hydrogen) atoms. The van der Waals surface area contributed by atoms with Crippen LogP contribution in [0.4, 0.5) is 4.39 Å². The van der Waals surface area contributed by atoms with E-state index in [-0.39, 0.29) is 17.5 Å². The van der Waals surface area contributed by atoms with Crippen molar-refractivity contribution in [1.29, 1.82) is 0 Å². The van der Waals surface area contributed by atoms with Crippen molar-refractivity contribution in [2.24, 2.45) is 11.8 Å². The van der Waals surface area contributed by atoms with Crippen LogP contribution >= 0.6 is 27.7 Å². The van der Waals surface area contributed by atoms with Gasteiger partial charge in [0, 0.05) is 18.4 Å². The van der Waals surface area contributed by atoms with Crippen molar-refractivity contribution in [2.45, 2.75) is 30.9 Å². The highest BCUT2D eigenvalue weighted by molar-refractivity contribution is 9.10. The van der Waals surface area contributed by atoms with E-state index in [2.05, 4.69) is 21.4 Å². The molecule has 3 unspecified atom stereocenters. The Labute approximate surface area is 137 Å². The predicted molar refractivity (Wildman–Crippen MR) is 87.5 cm³/mol. The van der Waals surface area contributed by atoms with Crippen LogP contribution in [-0.4, -0.2) is 23.7 Å². The first-order valence-corrected chi connectivity index (χ1v) is 9.21. The van der Waals surface area contributed by atoms with Gasteiger partial charge in [-0.05, 0) is 64.6 Å². The van der Waals surface area contributed by atoms with E-state index in [0.29, 0.717) is 10.4 Å². The maximum Gasteiger partial charge on any atom is 0.137 e. The minimum absolute atomic E-state index is 0.0105. The van der Waals surface area contributed by atoms with E-state index in [4.69, 9.17) is 10.6 Å². The van der Waals surface area contributed by atoms with E-state index in [0.717, 1.165) is 37.2 Å². The van der Waals surface area contributed by atoms with Crippen LogP contribution < -0.4 is 11.3 Å². The number of hydrogen-bond donors (Lipinski definition) is 2. The molecule has 6 heteroatoms. The lowest BCUT2D eigenvalue weighted by atomic mass is 9.79. The molecule has 2 saturated heterocycles. The summed E-state index contributed by atoms with van der Waals surface area (Å²) < 4.78 is 20.3. The van der Waals surface area contributed by atoms with Gasteiger partial charge in [-0.3, -0.25) is 11.3 Å². The van der Waals surface area contributed by atoms with Gasteiger partial charge in [-0.1, -0.05) is 6.07 Å². The summed E-state index contributed by atoms with van der Waals surface area (Å²) in [5.41, 5.74) is 3.82. The number of hydrazine groups is 1. The number of rotatable bonds is 3. The number of thioether (sulfide) groups is 1. The molecule has 1 aromatic rings. The molecule has 1 spiro atoms. The molecule has 0 aromatic heterocycles. The molecule has 0 radical (unpaired) electrons. The molecule has 3 atom stereocenters. The second kappa shape index (κ2) is 6.54. The van der Waals surface area contributed by atoms with E-state index in [1.54, 1.807) is 12.1 Å². The number of ether oxygens (including phenoxy) is 1. The van der Waals surface area contributed by atoms with Gasteiger partial charge in [-0.2, -0.15) is 11.8 Å². The third kappa shape index (κ3) is 3.29. The Kier molecular flexibility index (Phi) is 4.90. The van der Waals surface area contributed by atoms with Gasteiger partial charge in [-0.15, -0.1) is 0 Å². The van der Waals surface area contributed by atoms with E-state index < -0.39 is 0 Å². The van der Waals surface area contributed by atoms with Gasteiger partial charge >= 0.3 is 0 Å². The normalized spacial score (nSPS) is 30.7. The molecular formula is C15H20BrFN2OS. The lowest BCUT2D eigenvalue weighted by Crippen LogP contribution is -2.45. The Balaban J connectivity index is 1.80. The Morgan fingerprint density at radius 1 is 1.52 bits per heavy atom. The maximum absolute atomic E-state index is 13.8. The monoisotopic (exact) mass is 374 g/mol. The van der Waals surface area contributed by atoms with Crippen molar-refractivity contribution in [1.82, 2.24) is 5.43 Å². The average Bonchev–Trinajstić information content (AvgIpc) is 2.91. The van der Waals surface area contributed by atoms with Crippen LogP contribution in [0, 0.1) is 11.7 Å². The summed E-state index contributed by atoms with van der Waals surface area (Å²) in [4.78, 5) is 0. The van der Waals surface area contributed by atoms with Crippen molar-refractivity contribution in [3.8, 4) is 0 Å². The largest absolute Gasteiger partial charge is 0.374 e. The van der Waals surface area contributed by atoms with Crippen LogP contribution in [0.1, 0.15) is 30.9 Å². The first kappa shape index (κ1) is 15.7. The van der Waals surface area contributed by atoms with Crippen molar-refractivity contribution in [2.75, 3.05) is 18.1 Å². The zero-order valence-corrected chi connectivity index (χ0v) is 14.2. The second-order valence-corrected chi connectivity index (χ2v) is 7.86. The summed E-state index contributed by atoms with van der Waals surface area (Å²) in [5.74, 6) is 8.15. The average molecular weight is 375 g/mol. The molecule has 3 nitrogen and oxygen atoms in total. The SMILES string of the molecule is NNC(c1ccc(Br)c(F)c1)C1CCOC2(CCSC2)C1. The Morgan fingerprint density at radius 3 is 3.05 bits per heavy atom. The number of benzene rings is 1. The van der Waals surface area contributed by atoms with Gasteiger partial charge in [-0.25, -0.2) is 4.39 Å². The summed E-state index contributed by atoms with van der Waals surface area (Å²) in [5, 5.41) is 0. The summed E-state index contributed by atoms with van der Waals surface area (Å²) in [6.07, 6.45) is 3.06. The van der Waals surface area contributed by atoms with E-state index >= 15 is 0 Å². The minimum atomic E-state index is -0.244. The molecule has 0 bridgehead atoms. The van der Waals surface area contributed by atoms with Crippen molar-refractivity contribution < 1.29 is 9.13 Å². The topological polar surface area (TPSA) is 47.3 Å². The third-order valence-corrected chi connectivity index (χ3v) is 6.42. The van der Waals surface area contributed by atoms with Gasteiger partial charge in [0.25, 0.3) is 0 Å². The number of nitrogens with one attached hydrogen (secondary N) is 1. The first-order chi connectivity index (χ1) is 10.1. The minimum Gasteiger partial charge on any atom is -0.374 e. The smallest absolute Gasteiger partial charge is 0.137 e. The highest BCUT2D eigenvalue weighted by Gasteiger charge is 2.42. The summed E-state index contributed by atoms with van der Waals surface area (Å²) >= 11 is 5.15. The van der Waals surface area contributed by atoms with E-state index in [9.17, 15) is 4.39 Å². The number of hydrogen-bond acceptors (Lipinski definition) is 4. The first-order valence-electron chi connectivity index (χ1n) is 7.26. The van der Waals surface area contributed by atoms with Crippen LogP contribution in [0.5, 0.6) is 0 Å². The molecule has 0 saturated carbocycles. The molecule has 2 heterocycles. The number of nitrogens with two attached hydrogens (primary N) is 1. The highest BCUT2D eigenvalue weighted by atomic mass is 79.9. The lowest BCUT2D eigenvalue weighted by Gasteiger charge is -2.40. The van der Waals surface area contributed by atoms with Gasteiger partial charge < -0.3 is 4.74 Å². The Morgan fingerprint density at radius 2 is 2.38 bits per heavy atom. The fraction of sp³-hybridized carbons (Fsp3) is 0.600. The summed E-state index contributed by atoms with van der Waals surface area (Å²) in [7, 11) is 0. The molecular weight excluding hydrogens is 355 g/mol. The standard InChI is InChI=1S/C15H20BrFN2OS/c16-12-2-1-10(7-13(12)17)14(19-18)11-3-5-20-15(8-11)4-6-21-9-15/h1-2,7,11,14,19H,3-6,8-9,18H2. The molecule has 116 valence electrons. The predicted octanol–water partition coefficient (Wildman–Crippen LogP) is 3.39. The summed E-state index contributed by atoms with van der Waals surface area (Å²) in [6.45, 7) is 0.766. The van der Waals surface area contributed by atoms with Crippen LogP contribution in [-0.2, 0) is 4.74 Å². The molecule has 2 fully saturated rings. The summed E-state index contributed by atoms with van der Waals surface area (Å²) in [6, 6.07) is 5.22. The van der Waals surface area contributed by atoms with Gasteiger partial charge in [0.05, 0.1) is 10.1 Å². The fourth-order valence-corrected chi connectivity index (χ4v) is 5.05. The maximum atomic E-state index is 13.8. The van der Waals surface area contributed by atoms with E-state index in [1.807, 2.05) is 17.8 Å². The highest BCUT2D eigenvalue weighted by Crippen LogP contribution is 2.44. The molecule has 2 aliphatic heterocycles. The molecule has 3 rings (SSSR count). The van der Waals surface area contributed by atoms with Gasteiger partial charge in [0.2, 0.25) is 0 Å². The molecule has 1 aromatic carbocycles. The van der Waals surface area contributed by atoms with Gasteiger partial charge in [0.15, 0.2) is 0 Å². The zero-order chi connectivity index (χ0) is 14.9. The van der Waals surface area contributed by atoms with Gasteiger partial charge in [0.1, 0.15) is 5.82 Å². The Bertz CT molecular complexity index is 510. The number of halogens is 2. The van der Waals surface area contributed by atoms with Crippen LogP contribution in [0.15, 0.2) is 22.7 Å².